The third kappa shape index (κ3) is 5.66. The first-order valence-electron chi connectivity index (χ1n) is 10.2. The first-order valence-corrected chi connectivity index (χ1v) is 10.2. The van der Waals surface area contributed by atoms with Gasteiger partial charge in [-0.3, -0.25) is 9.59 Å². The first kappa shape index (κ1) is 22.0. The molecule has 2 aromatic carbocycles. The summed E-state index contributed by atoms with van der Waals surface area (Å²) < 4.78 is 0. The largest absolute Gasteiger partial charge is 0.366 e. The number of primary amides is 1. The third-order valence-corrected chi connectivity index (χ3v) is 4.94. The molecular formula is C24H27N5O2. The molecule has 0 fully saturated rings. The number of nitrogens with one attached hydrogen (secondary N) is 2. The monoisotopic (exact) mass is 417 g/mol. The van der Waals surface area contributed by atoms with E-state index in [0.717, 1.165) is 23.2 Å². The maximum absolute atomic E-state index is 12.2. The molecule has 0 aliphatic carbocycles. The van der Waals surface area contributed by atoms with Crippen molar-refractivity contribution in [3.05, 3.63) is 71.4 Å². The highest BCUT2D eigenvalue weighted by molar-refractivity contribution is 5.96. The normalized spacial score (nSPS) is 10.7. The number of nitrogens with two attached hydrogens (primary N) is 1. The van der Waals surface area contributed by atoms with Crippen molar-refractivity contribution in [2.24, 2.45) is 11.7 Å². The van der Waals surface area contributed by atoms with Gasteiger partial charge < -0.3 is 16.4 Å². The lowest BCUT2D eigenvalue weighted by Gasteiger charge is -2.11. The number of hydrogen-bond donors (Lipinski definition) is 3. The van der Waals surface area contributed by atoms with Crippen LogP contribution in [0.4, 0.5) is 11.6 Å². The third-order valence-electron chi connectivity index (χ3n) is 4.94. The summed E-state index contributed by atoms with van der Waals surface area (Å²) in [5.74, 6) is 0.399. The average Bonchev–Trinajstić information content (AvgIpc) is 2.74. The summed E-state index contributed by atoms with van der Waals surface area (Å²) in [5, 5.41) is 6.08. The lowest BCUT2D eigenvalue weighted by atomic mass is 9.99. The van der Waals surface area contributed by atoms with E-state index in [2.05, 4.69) is 34.4 Å². The molecule has 1 aromatic heterocycles. The van der Waals surface area contributed by atoms with Gasteiger partial charge in [0.25, 0.3) is 5.91 Å². The zero-order chi connectivity index (χ0) is 22.4. The predicted molar refractivity (Wildman–Crippen MR) is 122 cm³/mol. The van der Waals surface area contributed by atoms with Crippen molar-refractivity contribution in [1.29, 1.82) is 0 Å². The summed E-state index contributed by atoms with van der Waals surface area (Å²) in [6.45, 7) is 6.75. The Morgan fingerprint density at radius 3 is 2.48 bits per heavy atom. The van der Waals surface area contributed by atoms with Crippen molar-refractivity contribution in [3.63, 3.8) is 0 Å². The number of benzene rings is 2. The van der Waals surface area contributed by atoms with Crippen LogP contribution in [0, 0.1) is 12.8 Å². The molecule has 0 saturated carbocycles. The number of anilines is 2. The number of amides is 2. The molecule has 0 unspecified atom stereocenters. The molecule has 0 spiro atoms. The van der Waals surface area contributed by atoms with Gasteiger partial charge in [0.2, 0.25) is 11.9 Å². The molecule has 0 aliphatic heterocycles. The Morgan fingerprint density at radius 1 is 1.06 bits per heavy atom. The minimum absolute atomic E-state index is 0.0877. The van der Waals surface area contributed by atoms with Crippen LogP contribution < -0.4 is 16.4 Å². The van der Waals surface area contributed by atoms with Gasteiger partial charge in [-0.2, -0.15) is 0 Å². The van der Waals surface area contributed by atoms with Gasteiger partial charge >= 0.3 is 0 Å². The van der Waals surface area contributed by atoms with Crippen LogP contribution in [0.25, 0.3) is 11.3 Å². The standard InChI is InChI=1S/C24H27N5O2/c1-15(2)11-13-26-23(31)17-7-9-18(10-8-17)28-24-27-14-12-21(29-24)19-5-4-6-20(16(19)3)22(25)30/h4-10,12,14-15H,11,13H2,1-3H3,(H2,25,30)(H,26,31)(H,27,28,29). The number of aromatic nitrogens is 2. The molecule has 0 radical (unpaired) electrons. The van der Waals surface area contributed by atoms with E-state index in [1.54, 1.807) is 36.5 Å². The summed E-state index contributed by atoms with van der Waals surface area (Å²) >= 11 is 0. The molecular weight excluding hydrogens is 390 g/mol. The van der Waals surface area contributed by atoms with Gasteiger partial charge in [0.1, 0.15) is 0 Å². The average molecular weight is 418 g/mol. The second-order valence-electron chi connectivity index (χ2n) is 7.75. The maximum Gasteiger partial charge on any atom is 0.251 e. The second-order valence-corrected chi connectivity index (χ2v) is 7.75. The van der Waals surface area contributed by atoms with Gasteiger partial charge in [-0.1, -0.05) is 26.0 Å². The van der Waals surface area contributed by atoms with Crippen molar-refractivity contribution in [1.82, 2.24) is 15.3 Å². The molecule has 31 heavy (non-hydrogen) atoms. The Hall–Kier alpha value is -3.74. The Balaban J connectivity index is 1.73. The van der Waals surface area contributed by atoms with Gasteiger partial charge in [-0.25, -0.2) is 9.97 Å². The van der Waals surface area contributed by atoms with Crippen LogP contribution in [0.5, 0.6) is 0 Å². The lowest BCUT2D eigenvalue weighted by molar-refractivity contribution is 0.0950. The van der Waals surface area contributed by atoms with Crippen LogP contribution in [-0.2, 0) is 0 Å². The van der Waals surface area contributed by atoms with Crippen molar-refractivity contribution in [2.45, 2.75) is 27.2 Å². The summed E-state index contributed by atoms with van der Waals surface area (Å²) in [6.07, 6.45) is 2.60. The molecule has 160 valence electrons. The van der Waals surface area contributed by atoms with Crippen LogP contribution in [0.15, 0.2) is 54.7 Å². The van der Waals surface area contributed by atoms with Gasteiger partial charge in [0.15, 0.2) is 0 Å². The summed E-state index contributed by atoms with van der Waals surface area (Å²) in [4.78, 5) is 32.7. The van der Waals surface area contributed by atoms with E-state index in [9.17, 15) is 9.59 Å². The van der Waals surface area contributed by atoms with E-state index >= 15 is 0 Å². The molecule has 0 bridgehead atoms. The van der Waals surface area contributed by atoms with E-state index in [0.29, 0.717) is 35.2 Å². The lowest BCUT2D eigenvalue weighted by Crippen LogP contribution is -2.25. The van der Waals surface area contributed by atoms with Gasteiger partial charge in [-0.05, 0) is 61.2 Å². The highest BCUT2D eigenvalue weighted by Gasteiger charge is 2.12. The zero-order valence-corrected chi connectivity index (χ0v) is 18.0. The maximum atomic E-state index is 12.2. The quantitative estimate of drug-likeness (QED) is 0.512. The van der Waals surface area contributed by atoms with Crippen LogP contribution in [0.2, 0.25) is 0 Å². The molecule has 1 heterocycles. The first-order chi connectivity index (χ1) is 14.8. The molecule has 3 rings (SSSR count). The van der Waals surface area contributed by atoms with Crippen LogP contribution >= 0.6 is 0 Å². The predicted octanol–water partition coefficient (Wildman–Crippen LogP) is 4.07. The summed E-state index contributed by atoms with van der Waals surface area (Å²) in [5.41, 5.74) is 9.55. The Bertz CT molecular complexity index is 1080. The zero-order valence-electron chi connectivity index (χ0n) is 18.0. The fraction of sp³-hybridized carbons (Fsp3) is 0.250. The fourth-order valence-corrected chi connectivity index (χ4v) is 3.16. The minimum atomic E-state index is -0.472. The molecule has 0 saturated heterocycles. The molecule has 4 N–H and O–H groups in total. The van der Waals surface area contributed by atoms with E-state index in [1.807, 2.05) is 25.1 Å². The summed E-state index contributed by atoms with van der Waals surface area (Å²) in [6, 6.07) is 14.3. The molecule has 0 aliphatic rings. The van der Waals surface area contributed by atoms with Crippen LogP contribution in [0.3, 0.4) is 0 Å². The molecule has 0 atom stereocenters. The van der Waals surface area contributed by atoms with E-state index in [4.69, 9.17) is 5.73 Å². The van der Waals surface area contributed by atoms with E-state index in [-0.39, 0.29) is 5.91 Å². The van der Waals surface area contributed by atoms with E-state index in [1.165, 1.54) is 0 Å². The Morgan fingerprint density at radius 2 is 1.81 bits per heavy atom. The molecule has 7 nitrogen and oxygen atoms in total. The number of rotatable bonds is 8. The number of carbonyl (C=O) groups excluding carboxylic acids is 2. The van der Waals surface area contributed by atoms with Gasteiger partial charge in [0.05, 0.1) is 5.69 Å². The smallest absolute Gasteiger partial charge is 0.251 e. The molecule has 7 heteroatoms. The van der Waals surface area contributed by atoms with Gasteiger partial charge in [-0.15, -0.1) is 0 Å². The van der Waals surface area contributed by atoms with Gasteiger partial charge in [0, 0.05) is 35.1 Å². The number of nitrogens with zero attached hydrogens (tertiary/aromatic N) is 2. The number of carbonyl (C=O) groups is 2. The van der Waals surface area contributed by atoms with Crippen molar-refractivity contribution in [3.8, 4) is 11.3 Å². The Labute approximate surface area is 182 Å². The summed E-state index contributed by atoms with van der Waals surface area (Å²) in [7, 11) is 0. The second kappa shape index (κ2) is 9.84. The molecule has 3 aromatic rings. The van der Waals surface area contributed by atoms with Crippen LogP contribution in [-0.4, -0.2) is 28.3 Å². The minimum Gasteiger partial charge on any atom is -0.366 e. The van der Waals surface area contributed by atoms with E-state index < -0.39 is 5.91 Å². The topological polar surface area (TPSA) is 110 Å². The highest BCUT2D eigenvalue weighted by atomic mass is 16.2. The van der Waals surface area contributed by atoms with Crippen molar-refractivity contribution >= 4 is 23.5 Å². The SMILES string of the molecule is Cc1c(C(N)=O)cccc1-c1ccnc(Nc2ccc(C(=O)NCCC(C)C)cc2)n1. The molecule has 2 amide bonds. The Kier molecular flexibility index (Phi) is 6.97. The van der Waals surface area contributed by atoms with Crippen LogP contribution in [0.1, 0.15) is 46.5 Å². The fourth-order valence-electron chi connectivity index (χ4n) is 3.16. The number of hydrogen-bond acceptors (Lipinski definition) is 5. The van der Waals surface area contributed by atoms with Crippen molar-refractivity contribution in [2.75, 3.05) is 11.9 Å². The highest BCUT2D eigenvalue weighted by Crippen LogP contribution is 2.25. The van der Waals surface area contributed by atoms with Crippen molar-refractivity contribution < 1.29 is 9.59 Å².